The molecule has 0 aliphatic heterocycles. The number of urea groups is 1. The first-order chi connectivity index (χ1) is 10.1. The van der Waals surface area contributed by atoms with E-state index in [4.69, 9.17) is 4.74 Å². The van der Waals surface area contributed by atoms with Gasteiger partial charge in [-0.3, -0.25) is 5.32 Å². The Balaban J connectivity index is 1.82. The Morgan fingerprint density at radius 2 is 2.10 bits per heavy atom. The Morgan fingerprint density at radius 3 is 2.67 bits per heavy atom. The summed E-state index contributed by atoms with van der Waals surface area (Å²) in [5.74, 6) is 0.711. The van der Waals surface area contributed by atoms with E-state index < -0.39 is 12.1 Å². The van der Waals surface area contributed by atoms with Gasteiger partial charge in [-0.05, 0) is 24.6 Å². The molecule has 0 unspecified atom stereocenters. The number of anilines is 1. The van der Waals surface area contributed by atoms with Crippen molar-refractivity contribution in [2.75, 3.05) is 19.0 Å². The summed E-state index contributed by atoms with van der Waals surface area (Å²) in [6.45, 7) is 1.89. The van der Waals surface area contributed by atoms with Crippen LogP contribution in [-0.2, 0) is 0 Å². The molecule has 0 aliphatic rings. The van der Waals surface area contributed by atoms with Crippen molar-refractivity contribution in [2.24, 2.45) is 0 Å². The van der Waals surface area contributed by atoms with Crippen molar-refractivity contribution in [3.05, 3.63) is 34.8 Å². The maximum Gasteiger partial charge on any atom is 0.321 e. The number of benzene rings is 1. The van der Waals surface area contributed by atoms with Crippen LogP contribution >= 0.6 is 11.3 Å². The summed E-state index contributed by atoms with van der Waals surface area (Å²) in [6, 6.07) is 6.57. The molecule has 0 saturated heterocycles. The number of carbonyl (C=O) groups excluding carboxylic acids is 1. The number of aromatic nitrogens is 2. The predicted octanol–water partition coefficient (Wildman–Crippen LogP) is 1.71. The second-order valence-corrected chi connectivity index (χ2v) is 5.43. The number of hydrogen-bond acceptors (Lipinski definition) is 6. The van der Waals surface area contributed by atoms with E-state index in [0.29, 0.717) is 16.4 Å². The van der Waals surface area contributed by atoms with Crippen LogP contribution in [0.2, 0.25) is 0 Å². The van der Waals surface area contributed by atoms with E-state index >= 15 is 0 Å². The van der Waals surface area contributed by atoms with Crippen molar-refractivity contribution in [1.29, 1.82) is 0 Å². The molecule has 7 nitrogen and oxygen atoms in total. The fraction of sp³-hybridized carbons (Fsp3) is 0.308. The molecule has 0 saturated carbocycles. The van der Waals surface area contributed by atoms with Gasteiger partial charge >= 0.3 is 6.03 Å². The number of aryl methyl sites for hydroxylation is 1. The SMILES string of the molecule is COc1ccc([C@@H](O)CNC(=O)Nc2nnc(C)s2)cc1. The highest BCUT2D eigenvalue weighted by Gasteiger charge is 2.11. The molecule has 0 fully saturated rings. The van der Waals surface area contributed by atoms with Gasteiger partial charge in [0, 0.05) is 6.54 Å². The van der Waals surface area contributed by atoms with Crippen LogP contribution in [0.4, 0.5) is 9.93 Å². The van der Waals surface area contributed by atoms with E-state index in [-0.39, 0.29) is 6.54 Å². The molecule has 0 radical (unpaired) electrons. The molecule has 0 aliphatic carbocycles. The predicted molar refractivity (Wildman–Crippen MR) is 79.6 cm³/mol. The molecule has 0 bridgehead atoms. The molecular weight excluding hydrogens is 292 g/mol. The van der Waals surface area contributed by atoms with Gasteiger partial charge in [-0.25, -0.2) is 4.79 Å². The van der Waals surface area contributed by atoms with Crippen molar-refractivity contribution >= 4 is 22.5 Å². The van der Waals surface area contributed by atoms with Crippen LogP contribution in [0.1, 0.15) is 16.7 Å². The smallest absolute Gasteiger partial charge is 0.321 e. The first-order valence-electron chi connectivity index (χ1n) is 6.25. The topological polar surface area (TPSA) is 96.4 Å². The Kier molecular flexibility index (Phi) is 5.07. The van der Waals surface area contributed by atoms with Crippen LogP contribution in [0.15, 0.2) is 24.3 Å². The molecule has 8 heteroatoms. The summed E-state index contributed by atoms with van der Waals surface area (Å²) in [4.78, 5) is 11.6. The molecule has 1 aromatic heterocycles. The number of nitrogens with one attached hydrogen (secondary N) is 2. The van der Waals surface area contributed by atoms with Crippen molar-refractivity contribution in [3.63, 3.8) is 0 Å². The van der Waals surface area contributed by atoms with Gasteiger partial charge in [-0.2, -0.15) is 0 Å². The maximum absolute atomic E-state index is 11.6. The molecule has 21 heavy (non-hydrogen) atoms. The summed E-state index contributed by atoms with van der Waals surface area (Å²) in [5, 5.41) is 23.9. The molecule has 1 heterocycles. The fourth-order valence-electron chi connectivity index (χ4n) is 1.62. The first kappa shape index (κ1) is 15.2. The zero-order valence-corrected chi connectivity index (χ0v) is 12.5. The van der Waals surface area contributed by atoms with Crippen molar-refractivity contribution in [1.82, 2.24) is 15.5 Å². The number of ether oxygens (including phenoxy) is 1. The van der Waals surface area contributed by atoms with Gasteiger partial charge in [0.2, 0.25) is 5.13 Å². The van der Waals surface area contributed by atoms with Gasteiger partial charge in [0.05, 0.1) is 13.2 Å². The van der Waals surface area contributed by atoms with Crippen LogP contribution < -0.4 is 15.4 Å². The number of aliphatic hydroxyl groups is 1. The third-order valence-electron chi connectivity index (χ3n) is 2.70. The summed E-state index contributed by atoms with van der Waals surface area (Å²) < 4.78 is 5.04. The highest BCUT2D eigenvalue weighted by Crippen LogP contribution is 2.17. The summed E-state index contributed by atoms with van der Waals surface area (Å²) in [5.41, 5.74) is 0.697. The number of carbonyl (C=O) groups is 1. The van der Waals surface area contributed by atoms with Crippen LogP contribution in [0.25, 0.3) is 0 Å². The second-order valence-electron chi connectivity index (χ2n) is 4.25. The first-order valence-corrected chi connectivity index (χ1v) is 7.07. The molecule has 2 aromatic rings. The second kappa shape index (κ2) is 7.00. The number of amides is 2. The lowest BCUT2D eigenvalue weighted by molar-refractivity contribution is 0.175. The van der Waals surface area contributed by atoms with E-state index in [0.717, 1.165) is 5.01 Å². The lowest BCUT2D eigenvalue weighted by Gasteiger charge is -2.12. The average molecular weight is 308 g/mol. The number of methoxy groups -OCH3 is 1. The van der Waals surface area contributed by atoms with Gasteiger partial charge in [-0.1, -0.05) is 23.5 Å². The normalized spacial score (nSPS) is 11.8. The van der Waals surface area contributed by atoms with E-state index in [1.54, 1.807) is 38.3 Å². The number of aliphatic hydroxyl groups excluding tert-OH is 1. The standard InChI is InChI=1S/C13H16N4O3S/c1-8-16-17-13(21-8)15-12(19)14-7-11(18)9-3-5-10(20-2)6-4-9/h3-6,11,18H,7H2,1-2H3,(H2,14,15,17,19)/t11-/m0/s1. The maximum atomic E-state index is 11.6. The van der Waals surface area contributed by atoms with Gasteiger partial charge in [-0.15, -0.1) is 10.2 Å². The van der Waals surface area contributed by atoms with Crippen molar-refractivity contribution in [2.45, 2.75) is 13.0 Å². The number of nitrogens with zero attached hydrogens (tertiary/aromatic N) is 2. The quantitative estimate of drug-likeness (QED) is 0.781. The van der Waals surface area contributed by atoms with Gasteiger partial charge in [0.1, 0.15) is 10.8 Å². The molecule has 1 atom stereocenters. The molecule has 112 valence electrons. The Bertz CT molecular complexity index is 600. The molecule has 2 rings (SSSR count). The van der Waals surface area contributed by atoms with Crippen LogP contribution in [-0.4, -0.2) is 35.0 Å². The minimum Gasteiger partial charge on any atom is -0.497 e. The van der Waals surface area contributed by atoms with Crippen LogP contribution in [0, 0.1) is 6.92 Å². The monoisotopic (exact) mass is 308 g/mol. The average Bonchev–Trinajstić information content (AvgIpc) is 2.90. The molecular formula is C13H16N4O3S. The van der Waals surface area contributed by atoms with E-state index in [9.17, 15) is 9.90 Å². The molecule has 1 aromatic carbocycles. The third kappa shape index (κ3) is 4.40. The Hall–Kier alpha value is -2.19. The summed E-state index contributed by atoms with van der Waals surface area (Å²) in [7, 11) is 1.58. The van der Waals surface area contributed by atoms with Gasteiger partial charge in [0.25, 0.3) is 0 Å². The molecule has 0 spiro atoms. The lowest BCUT2D eigenvalue weighted by atomic mass is 10.1. The highest BCUT2D eigenvalue weighted by atomic mass is 32.1. The van der Waals surface area contributed by atoms with E-state index in [1.165, 1.54) is 11.3 Å². The van der Waals surface area contributed by atoms with E-state index in [1.807, 2.05) is 0 Å². The molecule has 3 N–H and O–H groups in total. The van der Waals surface area contributed by atoms with E-state index in [2.05, 4.69) is 20.8 Å². The number of hydrogen-bond donors (Lipinski definition) is 3. The van der Waals surface area contributed by atoms with Crippen LogP contribution in [0.5, 0.6) is 5.75 Å². The Labute approximate surface area is 126 Å². The van der Waals surface area contributed by atoms with Crippen molar-refractivity contribution in [3.8, 4) is 5.75 Å². The minimum absolute atomic E-state index is 0.0932. The largest absolute Gasteiger partial charge is 0.497 e. The van der Waals surface area contributed by atoms with Gasteiger partial charge < -0.3 is 15.2 Å². The van der Waals surface area contributed by atoms with Crippen LogP contribution in [0.3, 0.4) is 0 Å². The third-order valence-corrected chi connectivity index (χ3v) is 3.46. The highest BCUT2D eigenvalue weighted by molar-refractivity contribution is 7.15. The molecule has 2 amide bonds. The Morgan fingerprint density at radius 1 is 1.38 bits per heavy atom. The van der Waals surface area contributed by atoms with Crippen molar-refractivity contribution < 1.29 is 14.6 Å². The summed E-state index contributed by atoms with van der Waals surface area (Å²) >= 11 is 1.28. The zero-order valence-electron chi connectivity index (χ0n) is 11.7. The van der Waals surface area contributed by atoms with Gasteiger partial charge in [0.15, 0.2) is 0 Å². The number of rotatable bonds is 5. The minimum atomic E-state index is -0.794. The lowest BCUT2D eigenvalue weighted by Crippen LogP contribution is -2.32. The summed E-state index contributed by atoms with van der Waals surface area (Å²) in [6.07, 6.45) is -0.794. The zero-order chi connectivity index (χ0) is 15.2. The fourth-order valence-corrected chi connectivity index (χ4v) is 2.21.